The topological polar surface area (TPSA) is 59.6 Å². The first-order valence-corrected chi connectivity index (χ1v) is 6.92. The van der Waals surface area contributed by atoms with Crippen molar-refractivity contribution in [2.45, 2.75) is 26.8 Å². The van der Waals surface area contributed by atoms with Gasteiger partial charge in [0, 0.05) is 23.6 Å². The molecule has 0 radical (unpaired) electrons. The summed E-state index contributed by atoms with van der Waals surface area (Å²) in [6, 6.07) is 3.85. The van der Waals surface area contributed by atoms with Crippen LogP contribution in [0, 0.1) is 5.92 Å². The Bertz CT molecular complexity index is 486. The van der Waals surface area contributed by atoms with E-state index in [4.69, 9.17) is 22.1 Å². The van der Waals surface area contributed by atoms with Gasteiger partial charge in [-0.3, -0.25) is 0 Å². The fourth-order valence-electron chi connectivity index (χ4n) is 2.00. The van der Waals surface area contributed by atoms with E-state index in [9.17, 15) is 0 Å². The van der Waals surface area contributed by atoms with Crippen LogP contribution in [-0.2, 0) is 13.0 Å². The highest BCUT2D eigenvalue weighted by molar-refractivity contribution is 6.30. The van der Waals surface area contributed by atoms with Gasteiger partial charge >= 0.3 is 0 Å². The predicted molar refractivity (Wildman–Crippen MR) is 78.8 cm³/mol. The molecule has 0 spiro atoms. The molecule has 1 aromatic rings. The molecule has 19 heavy (non-hydrogen) atoms. The van der Waals surface area contributed by atoms with E-state index in [2.05, 4.69) is 24.2 Å². The Kier molecular flexibility index (Phi) is 4.53. The van der Waals surface area contributed by atoms with Crippen LogP contribution >= 0.6 is 11.6 Å². The molecule has 0 saturated carbocycles. The van der Waals surface area contributed by atoms with Gasteiger partial charge in [0.05, 0.1) is 13.2 Å². The first kappa shape index (κ1) is 14.0. The second-order valence-electron chi connectivity index (χ2n) is 5.13. The summed E-state index contributed by atoms with van der Waals surface area (Å²) in [5.74, 6) is 1.91. The summed E-state index contributed by atoms with van der Waals surface area (Å²) >= 11 is 6.10. The van der Waals surface area contributed by atoms with E-state index in [1.807, 2.05) is 12.1 Å². The Morgan fingerprint density at radius 1 is 1.53 bits per heavy atom. The lowest BCUT2D eigenvalue weighted by Crippen LogP contribution is -2.34. The third kappa shape index (κ3) is 3.77. The average Bonchev–Trinajstić information content (AvgIpc) is 2.81. The number of benzene rings is 1. The normalized spacial score (nSPS) is 14.4. The van der Waals surface area contributed by atoms with Crippen molar-refractivity contribution in [1.29, 1.82) is 0 Å². The maximum atomic E-state index is 6.10. The summed E-state index contributed by atoms with van der Waals surface area (Å²) in [6.45, 7) is 6.27. The number of hydrogen-bond donors (Lipinski definition) is 2. The van der Waals surface area contributed by atoms with Crippen LogP contribution in [0.25, 0.3) is 0 Å². The van der Waals surface area contributed by atoms with Crippen molar-refractivity contribution >= 4 is 17.6 Å². The summed E-state index contributed by atoms with van der Waals surface area (Å²) in [6.07, 6.45) is 0.910. The van der Waals surface area contributed by atoms with Crippen molar-refractivity contribution in [2.24, 2.45) is 16.6 Å². The first-order valence-electron chi connectivity index (χ1n) is 6.54. The minimum absolute atomic E-state index is 0.459. The van der Waals surface area contributed by atoms with Crippen molar-refractivity contribution in [2.75, 3.05) is 13.2 Å². The van der Waals surface area contributed by atoms with Crippen LogP contribution < -0.4 is 15.8 Å². The van der Waals surface area contributed by atoms with Gasteiger partial charge in [0.2, 0.25) is 0 Å². The van der Waals surface area contributed by atoms with E-state index >= 15 is 0 Å². The monoisotopic (exact) mass is 281 g/mol. The molecule has 1 heterocycles. The SMILES string of the molecule is CC(C)CNC(N)=NCc1cc(Cl)cc2c1OCC2. The Balaban J connectivity index is 2.05. The molecule has 104 valence electrons. The van der Waals surface area contributed by atoms with Gasteiger partial charge in [-0.1, -0.05) is 25.4 Å². The molecule has 1 aliphatic heterocycles. The highest BCUT2D eigenvalue weighted by atomic mass is 35.5. The van der Waals surface area contributed by atoms with E-state index in [1.54, 1.807) is 0 Å². The van der Waals surface area contributed by atoms with Crippen LogP contribution in [0.4, 0.5) is 0 Å². The molecule has 0 saturated heterocycles. The van der Waals surface area contributed by atoms with E-state index in [0.29, 0.717) is 25.0 Å². The third-order valence-electron chi connectivity index (χ3n) is 2.94. The maximum Gasteiger partial charge on any atom is 0.188 e. The molecule has 0 aromatic heterocycles. The number of hydrogen-bond acceptors (Lipinski definition) is 2. The molecule has 4 nitrogen and oxygen atoms in total. The molecule has 3 N–H and O–H groups in total. The van der Waals surface area contributed by atoms with E-state index in [-0.39, 0.29) is 0 Å². The fraction of sp³-hybridized carbons (Fsp3) is 0.500. The van der Waals surface area contributed by atoms with Crippen molar-refractivity contribution in [3.05, 3.63) is 28.3 Å². The van der Waals surface area contributed by atoms with Crippen LogP contribution in [-0.4, -0.2) is 19.1 Å². The Morgan fingerprint density at radius 2 is 2.32 bits per heavy atom. The molecule has 1 aromatic carbocycles. The van der Waals surface area contributed by atoms with Crippen molar-refractivity contribution in [1.82, 2.24) is 5.32 Å². The molecule has 0 atom stereocenters. The van der Waals surface area contributed by atoms with Gasteiger partial charge in [-0.2, -0.15) is 0 Å². The summed E-state index contributed by atoms with van der Waals surface area (Å²) in [7, 11) is 0. The summed E-state index contributed by atoms with van der Waals surface area (Å²) in [5.41, 5.74) is 7.97. The zero-order valence-electron chi connectivity index (χ0n) is 11.4. The highest BCUT2D eigenvalue weighted by Crippen LogP contribution is 2.33. The summed E-state index contributed by atoms with van der Waals surface area (Å²) < 4.78 is 5.63. The molecule has 2 rings (SSSR count). The van der Waals surface area contributed by atoms with Gasteiger partial charge < -0.3 is 15.8 Å². The number of aliphatic imine (C=N–C) groups is 1. The predicted octanol–water partition coefficient (Wildman–Crippen LogP) is 2.34. The molecule has 1 aliphatic rings. The standard InChI is InChI=1S/C14H20ClN3O/c1-9(2)7-17-14(16)18-8-11-6-12(15)5-10-3-4-19-13(10)11/h5-6,9H,3-4,7-8H2,1-2H3,(H3,16,17,18). The second-order valence-corrected chi connectivity index (χ2v) is 5.56. The Morgan fingerprint density at radius 3 is 3.05 bits per heavy atom. The second kappa shape index (κ2) is 6.15. The van der Waals surface area contributed by atoms with E-state index < -0.39 is 0 Å². The molecule has 0 fully saturated rings. The molecule has 5 heteroatoms. The first-order chi connectivity index (χ1) is 9.06. The number of nitrogens with one attached hydrogen (secondary N) is 1. The number of nitrogens with two attached hydrogens (primary N) is 1. The lowest BCUT2D eigenvalue weighted by atomic mass is 10.1. The van der Waals surface area contributed by atoms with Crippen LogP contribution in [0.2, 0.25) is 5.02 Å². The number of guanidine groups is 1. The summed E-state index contributed by atoms with van der Waals surface area (Å²) in [4.78, 5) is 4.33. The molecular weight excluding hydrogens is 262 g/mol. The fourth-order valence-corrected chi connectivity index (χ4v) is 2.26. The number of fused-ring (bicyclic) bond motifs is 1. The van der Waals surface area contributed by atoms with Gasteiger partial charge in [-0.25, -0.2) is 4.99 Å². The molecule has 0 aliphatic carbocycles. The van der Waals surface area contributed by atoms with Gasteiger partial charge in [-0.05, 0) is 23.6 Å². The van der Waals surface area contributed by atoms with Crippen molar-refractivity contribution in [3.63, 3.8) is 0 Å². The zero-order chi connectivity index (χ0) is 13.8. The minimum Gasteiger partial charge on any atom is -0.493 e. The largest absolute Gasteiger partial charge is 0.493 e. The van der Waals surface area contributed by atoms with Crippen LogP contribution in [0.5, 0.6) is 5.75 Å². The van der Waals surface area contributed by atoms with Gasteiger partial charge in [0.15, 0.2) is 5.96 Å². The number of halogens is 1. The molecule has 0 bridgehead atoms. The molecule has 0 unspecified atom stereocenters. The molecular formula is C14H20ClN3O. The van der Waals surface area contributed by atoms with E-state index in [1.165, 1.54) is 0 Å². The maximum absolute atomic E-state index is 6.10. The number of nitrogens with zero attached hydrogens (tertiary/aromatic N) is 1. The molecule has 0 amide bonds. The van der Waals surface area contributed by atoms with Crippen LogP contribution in [0.1, 0.15) is 25.0 Å². The van der Waals surface area contributed by atoms with Crippen molar-refractivity contribution in [3.8, 4) is 5.75 Å². The van der Waals surface area contributed by atoms with Gasteiger partial charge in [-0.15, -0.1) is 0 Å². The lowest BCUT2D eigenvalue weighted by Gasteiger charge is -2.09. The average molecular weight is 282 g/mol. The number of rotatable bonds is 4. The Hall–Kier alpha value is -1.42. The lowest BCUT2D eigenvalue weighted by molar-refractivity contribution is 0.353. The van der Waals surface area contributed by atoms with E-state index in [0.717, 1.165) is 34.9 Å². The smallest absolute Gasteiger partial charge is 0.188 e. The summed E-state index contributed by atoms with van der Waals surface area (Å²) in [5, 5.41) is 3.81. The van der Waals surface area contributed by atoms with Gasteiger partial charge in [0.25, 0.3) is 0 Å². The third-order valence-corrected chi connectivity index (χ3v) is 3.15. The van der Waals surface area contributed by atoms with Crippen LogP contribution in [0.15, 0.2) is 17.1 Å². The number of ether oxygens (including phenoxy) is 1. The van der Waals surface area contributed by atoms with Gasteiger partial charge in [0.1, 0.15) is 5.75 Å². The highest BCUT2D eigenvalue weighted by Gasteiger charge is 2.17. The van der Waals surface area contributed by atoms with Crippen molar-refractivity contribution < 1.29 is 4.74 Å². The zero-order valence-corrected chi connectivity index (χ0v) is 12.1. The Labute approximate surface area is 119 Å². The quantitative estimate of drug-likeness (QED) is 0.658. The minimum atomic E-state index is 0.459. The van der Waals surface area contributed by atoms with Crippen LogP contribution in [0.3, 0.4) is 0 Å².